The van der Waals surface area contributed by atoms with Crippen LogP contribution < -0.4 is 0 Å². The van der Waals surface area contributed by atoms with Gasteiger partial charge in [0.25, 0.3) is 0 Å². The van der Waals surface area contributed by atoms with Crippen molar-refractivity contribution in [2.24, 2.45) is 0 Å². The summed E-state index contributed by atoms with van der Waals surface area (Å²) in [5.41, 5.74) is 3.19. The predicted octanol–water partition coefficient (Wildman–Crippen LogP) is 2.72. The number of hydrogen-bond acceptors (Lipinski definition) is 4. The van der Waals surface area contributed by atoms with Crippen LogP contribution in [-0.2, 0) is 20.8 Å². The lowest BCUT2D eigenvalue weighted by Crippen LogP contribution is -2.32. The zero-order valence-corrected chi connectivity index (χ0v) is 15.6. The molecule has 1 saturated heterocycles. The quantitative estimate of drug-likeness (QED) is 0.765. The van der Waals surface area contributed by atoms with E-state index in [-0.39, 0.29) is 18.6 Å². The molecule has 3 rings (SSSR count). The van der Waals surface area contributed by atoms with E-state index in [4.69, 9.17) is 9.47 Å². The number of aromatic nitrogens is 2. The maximum Gasteiger partial charge on any atom is 0.248 e. The van der Waals surface area contributed by atoms with E-state index in [9.17, 15) is 4.79 Å². The lowest BCUT2D eigenvalue weighted by Gasteiger charge is -2.23. The van der Waals surface area contributed by atoms with E-state index in [0.717, 1.165) is 36.3 Å². The molecule has 1 aliphatic heterocycles. The van der Waals surface area contributed by atoms with Crippen LogP contribution in [0.2, 0.25) is 0 Å². The number of rotatable bonds is 7. The largest absolute Gasteiger partial charge is 0.376 e. The van der Waals surface area contributed by atoms with Gasteiger partial charge in [-0.3, -0.25) is 4.79 Å². The summed E-state index contributed by atoms with van der Waals surface area (Å²) in [5.74, 6) is -0.0375. The molecule has 0 unspecified atom stereocenters. The molecule has 1 aromatic carbocycles. The van der Waals surface area contributed by atoms with Crippen LogP contribution in [0.25, 0.3) is 5.69 Å². The highest BCUT2D eigenvalue weighted by atomic mass is 16.5. The third-order valence-electron chi connectivity index (χ3n) is 4.65. The van der Waals surface area contributed by atoms with Crippen LogP contribution in [0.4, 0.5) is 0 Å². The maximum atomic E-state index is 12.3. The highest BCUT2D eigenvalue weighted by molar-refractivity contribution is 5.77. The molecule has 0 aliphatic carbocycles. The number of nitrogens with zero attached hydrogens (tertiary/aromatic N) is 3. The average Bonchev–Trinajstić information content (AvgIpc) is 3.11. The number of carbonyl (C=O) groups excluding carboxylic acids is 1. The van der Waals surface area contributed by atoms with Gasteiger partial charge in [0, 0.05) is 32.0 Å². The summed E-state index contributed by atoms with van der Waals surface area (Å²) in [6.07, 6.45) is 7.20. The molecular formula is C20H27N3O3. The first-order chi connectivity index (χ1) is 12.6. The molecule has 1 amide bonds. The van der Waals surface area contributed by atoms with Crippen LogP contribution in [0.3, 0.4) is 0 Å². The molecule has 2 heterocycles. The van der Waals surface area contributed by atoms with E-state index in [0.29, 0.717) is 13.2 Å². The molecule has 1 atom stereocenters. The van der Waals surface area contributed by atoms with Crippen molar-refractivity contribution in [3.8, 4) is 5.69 Å². The monoisotopic (exact) mass is 357 g/mol. The van der Waals surface area contributed by atoms with Gasteiger partial charge in [0.2, 0.25) is 5.91 Å². The summed E-state index contributed by atoms with van der Waals surface area (Å²) >= 11 is 0. The van der Waals surface area contributed by atoms with Gasteiger partial charge in [0.15, 0.2) is 0 Å². The van der Waals surface area contributed by atoms with Crippen LogP contribution in [0.1, 0.15) is 30.4 Å². The van der Waals surface area contributed by atoms with E-state index >= 15 is 0 Å². The predicted molar refractivity (Wildman–Crippen MR) is 99.2 cm³/mol. The first-order valence-corrected chi connectivity index (χ1v) is 9.16. The standard InChI is InChI=1S/C20H27N3O3/c1-16-7-3-4-9-19(16)23-13-17(11-21-23)12-22(2)20(24)15-25-14-18-8-5-6-10-26-18/h3-4,7,9,11,13,18H,5-6,8,10,12,14-15H2,1-2H3/t18-/m1/s1. The number of amides is 1. The minimum absolute atomic E-state index is 0.0375. The van der Waals surface area contributed by atoms with Gasteiger partial charge < -0.3 is 14.4 Å². The summed E-state index contributed by atoms with van der Waals surface area (Å²) in [5, 5.41) is 4.41. The summed E-state index contributed by atoms with van der Waals surface area (Å²) in [7, 11) is 1.79. The Hall–Kier alpha value is -2.18. The number of para-hydroxylation sites is 1. The highest BCUT2D eigenvalue weighted by Crippen LogP contribution is 2.14. The van der Waals surface area contributed by atoms with Gasteiger partial charge in [-0.15, -0.1) is 0 Å². The summed E-state index contributed by atoms with van der Waals surface area (Å²) in [6, 6.07) is 8.09. The Morgan fingerprint density at radius 3 is 3.00 bits per heavy atom. The van der Waals surface area contributed by atoms with Crippen molar-refractivity contribution in [1.82, 2.24) is 14.7 Å². The van der Waals surface area contributed by atoms with Crippen molar-refractivity contribution in [3.05, 3.63) is 47.8 Å². The molecule has 0 N–H and O–H groups in total. The topological polar surface area (TPSA) is 56.6 Å². The van der Waals surface area contributed by atoms with Crippen LogP contribution in [0, 0.1) is 6.92 Å². The first-order valence-electron chi connectivity index (χ1n) is 9.16. The lowest BCUT2D eigenvalue weighted by atomic mass is 10.1. The van der Waals surface area contributed by atoms with E-state index < -0.39 is 0 Å². The summed E-state index contributed by atoms with van der Waals surface area (Å²) in [6.45, 7) is 3.94. The number of likely N-dealkylation sites (N-methyl/N-ethyl adjacent to an activating group) is 1. The first kappa shape index (κ1) is 18.6. The Morgan fingerprint density at radius 1 is 1.38 bits per heavy atom. The fourth-order valence-corrected chi connectivity index (χ4v) is 3.08. The molecule has 6 nitrogen and oxygen atoms in total. The molecule has 1 aliphatic rings. The minimum atomic E-state index is -0.0375. The second-order valence-electron chi connectivity index (χ2n) is 6.83. The number of hydrogen-bond donors (Lipinski definition) is 0. The fraction of sp³-hybridized carbons (Fsp3) is 0.500. The molecule has 140 valence electrons. The molecule has 0 bridgehead atoms. The Labute approximate surface area is 154 Å². The average molecular weight is 357 g/mol. The number of aryl methyl sites for hydroxylation is 1. The molecule has 26 heavy (non-hydrogen) atoms. The molecule has 6 heteroatoms. The van der Waals surface area contributed by atoms with Crippen LogP contribution in [0.5, 0.6) is 0 Å². The molecule has 0 saturated carbocycles. The SMILES string of the molecule is Cc1ccccc1-n1cc(CN(C)C(=O)COC[C@H]2CCCCO2)cn1. The zero-order chi connectivity index (χ0) is 18.4. The second kappa shape index (κ2) is 8.96. The van der Waals surface area contributed by atoms with E-state index in [1.165, 1.54) is 6.42 Å². The van der Waals surface area contributed by atoms with Gasteiger partial charge in [0.05, 0.1) is 24.6 Å². The van der Waals surface area contributed by atoms with Crippen molar-refractivity contribution in [2.75, 3.05) is 26.9 Å². The Morgan fingerprint density at radius 2 is 2.23 bits per heavy atom. The summed E-state index contributed by atoms with van der Waals surface area (Å²) < 4.78 is 13.0. The van der Waals surface area contributed by atoms with E-state index in [2.05, 4.69) is 18.1 Å². The van der Waals surface area contributed by atoms with E-state index in [1.54, 1.807) is 18.1 Å². The van der Waals surface area contributed by atoms with Gasteiger partial charge in [-0.1, -0.05) is 18.2 Å². The highest BCUT2D eigenvalue weighted by Gasteiger charge is 2.16. The molecule has 0 spiro atoms. The zero-order valence-electron chi connectivity index (χ0n) is 15.6. The van der Waals surface area contributed by atoms with E-state index in [1.807, 2.05) is 29.1 Å². The fourth-order valence-electron chi connectivity index (χ4n) is 3.08. The van der Waals surface area contributed by atoms with Gasteiger partial charge >= 0.3 is 0 Å². The van der Waals surface area contributed by atoms with Crippen LogP contribution in [-0.4, -0.2) is 53.6 Å². The van der Waals surface area contributed by atoms with Crippen molar-refractivity contribution < 1.29 is 14.3 Å². The molecule has 0 radical (unpaired) electrons. The third kappa shape index (κ3) is 4.93. The minimum Gasteiger partial charge on any atom is -0.376 e. The lowest BCUT2D eigenvalue weighted by molar-refractivity contribution is -0.137. The third-order valence-corrected chi connectivity index (χ3v) is 4.65. The number of benzene rings is 1. The smallest absolute Gasteiger partial charge is 0.248 e. The van der Waals surface area contributed by atoms with Crippen LogP contribution in [0.15, 0.2) is 36.7 Å². The second-order valence-corrected chi connectivity index (χ2v) is 6.83. The normalized spacial score (nSPS) is 17.2. The number of carbonyl (C=O) groups is 1. The van der Waals surface area contributed by atoms with Gasteiger partial charge in [-0.2, -0.15) is 5.10 Å². The van der Waals surface area contributed by atoms with Gasteiger partial charge in [0.1, 0.15) is 6.61 Å². The van der Waals surface area contributed by atoms with Crippen molar-refractivity contribution >= 4 is 5.91 Å². The van der Waals surface area contributed by atoms with Crippen molar-refractivity contribution in [2.45, 2.75) is 38.8 Å². The van der Waals surface area contributed by atoms with Crippen LogP contribution >= 0.6 is 0 Å². The molecule has 2 aromatic rings. The molecule has 1 fully saturated rings. The Kier molecular flexibility index (Phi) is 6.41. The van der Waals surface area contributed by atoms with Gasteiger partial charge in [-0.25, -0.2) is 4.68 Å². The van der Waals surface area contributed by atoms with Crippen molar-refractivity contribution in [3.63, 3.8) is 0 Å². The van der Waals surface area contributed by atoms with Crippen molar-refractivity contribution in [1.29, 1.82) is 0 Å². The summed E-state index contributed by atoms with van der Waals surface area (Å²) in [4.78, 5) is 13.9. The molecular weight excluding hydrogens is 330 g/mol. The van der Waals surface area contributed by atoms with Gasteiger partial charge in [-0.05, 0) is 37.8 Å². The maximum absolute atomic E-state index is 12.3. The molecule has 1 aromatic heterocycles. The Bertz CT molecular complexity index is 723. The number of ether oxygens (including phenoxy) is 2. The Balaban J connectivity index is 1.47.